The van der Waals surface area contributed by atoms with Crippen LogP contribution in [0.1, 0.15) is 37.4 Å². The SMILES string of the molecule is CCOC(=O)CCN(CC)C(C#N)c1cc(C)ccc1O. The highest BCUT2D eigenvalue weighted by Crippen LogP contribution is 2.29. The Morgan fingerprint density at radius 3 is 2.76 bits per heavy atom. The minimum absolute atomic E-state index is 0.0988. The molecule has 0 bridgehead atoms. The number of esters is 1. The lowest BCUT2D eigenvalue weighted by Crippen LogP contribution is -2.30. The molecule has 0 heterocycles. The maximum Gasteiger partial charge on any atom is 0.307 e. The number of phenolic OH excluding ortho intramolecular Hbond substituents is 1. The molecule has 21 heavy (non-hydrogen) atoms. The van der Waals surface area contributed by atoms with E-state index in [9.17, 15) is 15.2 Å². The Morgan fingerprint density at radius 1 is 1.48 bits per heavy atom. The second-order valence-corrected chi connectivity index (χ2v) is 4.78. The predicted octanol–water partition coefficient (Wildman–Crippen LogP) is 2.54. The maximum absolute atomic E-state index is 11.5. The van der Waals surface area contributed by atoms with Crippen LogP contribution >= 0.6 is 0 Å². The van der Waals surface area contributed by atoms with Gasteiger partial charge in [0.2, 0.25) is 0 Å². The molecule has 0 saturated heterocycles. The molecule has 1 unspecified atom stereocenters. The van der Waals surface area contributed by atoms with Gasteiger partial charge in [-0.1, -0.05) is 18.6 Å². The number of hydrogen-bond acceptors (Lipinski definition) is 5. The van der Waals surface area contributed by atoms with E-state index in [0.29, 0.717) is 25.3 Å². The number of rotatable bonds is 7. The zero-order chi connectivity index (χ0) is 15.8. The quantitative estimate of drug-likeness (QED) is 0.781. The fourth-order valence-corrected chi connectivity index (χ4v) is 2.18. The van der Waals surface area contributed by atoms with E-state index in [2.05, 4.69) is 6.07 Å². The van der Waals surface area contributed by atoms with Crippen LogP contribution in [0.15, 0.2) is 18.2 Å². The maximum atomic E-state index is 11.5. The van der Waals surface area contributed by atoms with E-state index in [-0.39, 0.29) is 18.1 Å². The van der Waals surface area contributed by atoms with E-state index in [1.807, 2.05) is 18.7 Å². The summed E-state index contributed by atoms with van der Waals surface area (Å²) in [6.07, 6.45) is 0.229. The summed E-state index contributed by atoms with van der Waals surface area (Å²) in [6.45, 7) is 6.96. The summed E-state index contributed by atoms with van der Waals surface area (Å²) in [5.74, 6) is -0.178. The van der Waals surface area contributed by atoms with E-state index >= 15 is 0 Å². The average Bonchev–Trinajstić information content (AvgIpc) is 2.46. The van der Waals surface area contributed by atoms with Crippen LogP contribution in [-0.2, 0) is 9.53 Å². The minimum Gasteiger partial charge on any atom is -0.508 e. The molecular weight excluding hydrogens is 268 g/mol. The number of phenols is 1. The van der Waals surface area contributed by atoms with E-state index in [1.54, 1.807) is 25.1 Å². The molecule has 1 atom stereocenters. The first kappa shape index (κ1) is 17.0. The Balaban J connectivity index is 2.87. The highest BCUT2D eigenvalue weighted by molar-refractivity contribution is 5.69. The number of nitriles is 1. The number of aryl methyl sites for hydroxylation is 1. The summed E-state index contributed by atoms with van der Waals surface area (Å²) in [4.78, 5) is 13.3. The Bertz CT molecular complexity index is 523. The standard InChI is InChI=1S/C16H22N2O3/c1-4-18(9-8-16(20)21-5-2)14(11-17)13-10-12(3)6-7-15(13)19/h6-7,10,14,19H,4-5,8-9H2,1-3H3. The van der Waals surface area contributed by atoms with Crippen LogP contribution in [0, 0.1) is 18.3 Å². The van der Waals surface area contributed by atoms with Crippen molar-refractivity contribution < 1.29 is 14.6 Å². The second kappa shape index (κ2) is 8.28. The Labute approximate surface area is 125 Å². The highest BCUT2D eigenvalue weighted by Gasteiger charge is 2.22. The first-order valence-corrected chi connectivity index (χ1v) is 7.12. The van der Waals surface area contributed by atoms with Crippen LogP contribution in [0.3, 0.4) is 0 Å². The monoisotopic (exact) mass is 290 g/mol. The van der Waals surface area contributed by atoms with Crippen LogP contribution in [-0.4, -0.2) is 35.7 Å². The zero-order valence-electron chi connectivity index (χ0n) is 12.8. The third-order valence-corrected chi connectivity index (χ3v) is 3.28. The molecule has 0 aliphatic carbocycles. The van der Waals surface area contributed by atoms with Gasteiger partial charge in [-0.2, -0.15) is 5.26 Å². The number of benzene rings is 1. The highest BCUT2D eigenvalue weighted by atomic mass is 16.5. The fraction of sp³-hybridized carbons (Fsp3) is 0.500. The van der Waals surface area contributed by atoms with E-state index in [1.165, 1.54) is 0 Å². The lowest BCUT2D eigenvalue weighted by atomic mass is 10.0. The Kier molecular flexibility index (Phi) is 6.70. The summed E-state index contributed by atoms with van der Waals surface area (Å²) in [7, 11) is 0. The van der Waals surface area contributed by atoms with E-state index < -0.39 is 6.04 Å². The van der Waals surface area contributed by atoms with Crippen molar-refractivity contribution >= 4 is 5.97 Å². The normalized spacial score (nSPS) is 12.0. The molecule has 0 radical (unpaired) electrons. The topological polar surface area (TPSA) is 73.6 Å². The third kappa shape index (κ3) is 4.76. The predicted molar refractivity (Wildman–Crippen MR) is 79.7 cm³/mol. The smallest absolute Gasteiger partial charge is 0.307 e. The second-order valence-electron chi connectivity index (χ2n) is 4.78. The summed E-state index contributed by atoms with van der Waals surface area (Å²) in [6, 6.07) is 6.81. The van der Waals surface area contributed by atoms with Gasteiger partial charge in [-0.3, -0.25) is 9.69 Å². The van der Waals surface area contributed by atoms with Crippen molar-refractivity contribution in [2.45, 2.75) is 33.2 Å². The van der Waals surface area contributed by atoms with Crippen molar-refractivity contribution in [3.8, 4) is 11.8 Å². The molecule has 0 aliphatic rings. The number of carbonyl (C=O) groups is 1. The van der Waals surface area contributed by atoms with E-state index in [0.717, 1.165) is 5.56 Å². The van der Waals surface area contributed by atoms with Gasteiger partial charge in [-0.25, -0.2) is 0 Å². The van der Waals surface area contributed by atoms with Crippen LogP contribution in [0.5, 0.6) is 5.75 Å². The number of carbonyl (C=O) groups excluding carboxylic acids is 1. The molecule has 114 valence electrons. The molecule has 1 aromatic rings. The van der Waals surface area contributed by atoms with Gasteiger partial charge in [0.05, 0.1) is 19.1 Å². The van der Waals surface area contributed by atoms with Crippen molar-refractivity contribution in [1.29, 1.82) is 5.26 Å². The number of nitrogens with zero attached hydrogens (tertiary/aromatic N) is 2. The Hall–Kier alpha value is -2.06. The first-order chi connectivity index (χ1) is 10.0. The zero-order valence-corrected chi connectivity index (χ0v) is 12.8. The summed E-state index contributed by atoms with van der Waals surface area (Å²) >= 11 is 0. The molecule has 0 amide bonds. The van der Waals surface area contributed by atoms with Gasteiger partial charge in [0.25, 0.3) is 0 Å². The molecule has 0 saturated carbocycles. The fourth-order valence-electron chi connectivity index (χ4n) is 2.18. The van der Waals surface area contributed by atoms with Gasteiger partial charge >= 0.3 is 5.97 Å². The summed E-state index contributed by atoms with van der Waals surface area (Å²) in [5.41, 5.74) is 1.55. The molecule has 1 aromatic carbocycles. The molecule has 0 aliphatic heterocycles. The largest absolute Gasteiger partial charge is 0.508 e. The van der Waals surface area contributed by atoms with Crippen molar-refractivity contribution in [3.05, 3.63) is 29.3 Å². The van der Waals surface area contributed by atoms with Crippen LogP contribution < -0.4 is 0 Å². The number of aromatic hydroxyl groups is 1. The van der Waals surface area contributed by atoms with E-state index in [4.69, 9.17) is 4.74 Å². The van der Waals surface area contributed by atoms with Crippen molar-refractivity contribution in [2.24, 2.45) is 0 Å². The van der Waals surface area contributed by atoms with Crippen LogP contribution in [0.25, 0.3) is 0 Å². The lowest BCUT2D eigenvalue weighted by molar-refractivity contribution is -0.143. The van der Waals surface area contributed by atoms with Gasteiger partial charge in [0.1, 0.15) is 11.8 Å². The molecule has 5 heteroatoms. The number of ether oxygens (including phenoxy) is 1. The molecule has 1 N–H and O–H groups in total. The average molecular weight is 290 g/mol. The summed E-state index contributed by atoms with van der Waals surface area (Å²) < 4.78 is 4.90. The van der Waals surface area contributed by atoms with Crippen molar-refractivity contribution in [2.75, 3.05) is 19.7 Å². The third-order valence-electron chi connectivity index (χ3n) is 3.28. The van der Waals surface area contributed by atoms with Crippen LogP contribution in [0.4, 0.5) is 0 Å². The molecule has 0 aromatic heterocycles. The molecule has 0 fully saturated rings. The minimum atomic E-state index is -0.579. The van der Waals surface area contributed by atoms with Gasteiger partial charge in [0.15, 0.2) is 0 Å². The van der Waals surface area contributed by atoms with Gasteiger partial charge < -0.3 is 9.84 Å². The van der Waals surface area contributed by atoms with Crippen LogP contribution in [0.2, 0.25) is 0 Å². The Morgan fingerprint density at radius 2 is 2.19 bits per heavy atom. The first-order valence-electron chi connectivity index (χ1n) is 7.12. The molecule has 5 nitrogen and oxygen atoms in total. The van der Waals surface area contributed by atoms with Gasteiger partial charge in [-0.15, -0.1) is 0 Å². The molecule has 1 rings (SSSR count). The van der Waals surface area contributed by atoms with Gasteiger partial charge in [-0.05, 0) is 32.5 Å². The lowest BCUT2D eigenvalue weighted by Gasteiger charge is -2.26. The number of hydrogen-bond donors (Lipinski definition) is 1. The van der Waals surface area contributed by atoms with Gasteiger partial charge in [0, 0.05) is 12.1 Å². The molecule has 0 spiro atoms. The van der Waals surface area contributed by atoms with Crippen molar-refractivity contribution in [1.82, 2.24) is 4.90 Å². The molecular formula is C16H22N2O3. The van der Waals surface area contributed by atoms with Crippen molar-refractivity contribution in [3.63, 3.8) is 0 Å². The summed E-state index contributed by atoms with van der Waals surface area (Å²) in [5, 5.41) is 19.4.